The highest BCUT2D eigenvalue weighted by atomic mass is 16.5. The fraction of sp³-hybridized carbons (Fsp3) is 0.414. The molecule has 2 fully saturated rings. The fourth-order valence-electron chi connectivity index (χ4n) is 5.78. The number of hydrogen-bond donors (Lipinski definition) is 5. The lowest BCUT2D eigenvalue weighted by Gasteiger charge is -2.40. The number of ether oxygens (including phenoxy) is 2. The van der Waals surface area contributed by atoms with Crippen molar-refractivity contribution < 1.29 is 14.3 Å². The van der Waals surface area contributed by atoms with Gasteiger partial charge >= 0.3 is 0 Å². The third-order valence-corrected chi connectivity index (χ3v) is 7.87. The lowest BCUT2D eigenvalue weighted by molar-refractivity contribution is 0.1000. The predicted molar refractivity (Wildman–Crippen MR) is 154 cm³/mol. The average Bonchev–Trinajstić information content (AvgIpc) is 3.43. The number of benzene rings is 2. The number of methoxy groups -OCH3 is 1. The van der Waals surface area contributed by atoms with Gasteiger partial charge in [-0.25, -0.2) is 5.43 Å². The van der Waals surface area contributed by atoms with E-state index in [1.54, 1.807) is 13.2 Å². The minimum Gasteiger partial charge on any atom is -0.494 e. The maximum atomic E-state index is 11.9. The summed E-state index contributed by atoms with van der Waals surface area (Å²) in [5.74, 6) is 0.330. The van der Waals surface area contributed by atoms with Crippen LogP contribution in [-0.2, 0) is 4.74 Å². The molecule has 0 radical (unpaired) electrons. The molecule has 212 valence electrons. The molecule has 0 bridgehead atoms. The summed E-state index contributed by atoms with van der Waals surface area (Å²) in [4.78, 5) is 14.2. The second kappa shape index (κ2) is 11.6. The molecule has 3 heterocycles. The summed E-state index contributed by atoms with van der Waals surface area (Å²) in [6.45, 7) is 3.76. The summed E-state index contributed by atoms with van der Waals surface area (Å²) in [5, 5.41) is 4.23. The van der Waals surface area contributed by atoms with Gasteiger partial charge in [0.2, 0.25) is 5.91 Å². The summed E-state index contributed by atoms with van der Waals surface area (Å²) in [7, 11) is 1.70. The van der Waals surface area contributed by atoms with Crippen molar-refractivity contribution >= 4 is 23.0 Å². The number of carbonyl (C=O) groups is 1. The lowest BCUT2D eigenvalue weighted by Crippen LogP contribution is -2.52. The quantitative estimate of drug-likeness (QED) is 0.338. The molecule has 0 atom stereocenters. The molecule has 4 aliphatic rings. The van der Waals surface area contributed by atoms with Crippen molar-refractivity contribution in [1.29, 1.82) is 0 Å². The number of hydrazine groups is 3. The average molecular weight is 547 g/mol. The molecule has 3 aliphatic heterocycles. The molecule has 11 nitrogen and oxygen atoms in total. The first-order chi connectivity index (χ1) is 19.6. The zero-order valence-corrected chi connectivity index (χ0v) is 22.9. The van der Waals surface area contributed by atoms with Crippen LogP contribution in [0.4, 0.5) is 11.4 Å². The largest absolute Gasteiger partial charge is 0.494 e. The molecule has 1 saturated carbocycles. The van der Waals surface area contributed by atoms with Crippen molar-refractivity contribution in [3.8, 4) is 5.75 Å². The molecular weight excluding hydrogens is 508 g/mol. The Labute approximate surface area is 234 Å². The zero-order valence-electron chi connectivity index (χ0n) is 22.9. The number of fused-ring (bicyclic) bond motifs is 1. The van der Waals surface area contributed by atoms with Crippen molar-refractivity contribution in [2.75, 3.05) is 50.4 Å². The maximum Gasteiger partial charge on any atom is 0.248 e. The Morgan fingerprint density at radius 1 is 1.07 bits per heavy atom. The normalized spacial score (nSPS) is 19.5. The Hall–Kier alpha value is -4.09. The minimum absolute atomic E-state index is 0.392. The summed E-state index contributed by atoms with van der Waals surface area (Å²) < 4.78 is 11.3. The zero-order chi connectivity index (χ0) is 27.5. The van der Waals surface area contributed by atoms with Gasteiger partial charge in [0.05, 0.1) is 43.6 Å². The standard InChI is InChI=1S/C29H38N8O3/c1-39-26-17-23(35-12-14-40-15-13-35)10-11-24(26)34-36-18-25-28(37(19-36)33-22-8-3-2-4-9-22)27(32-31-25)20-6-5-7-21(16-20)29(30)38/h5-7,10-11,16-18,22,31-34H,2-4,8-9,12-15,19H2,1H3,(H2,30,38). The van der Waals surface area contributed by atoms with Gasteiger partial charge in [0.25, 0.3) is 0 Å². The van der Waals surface area contributed by atoms with Crippen LogP contribution in [0.1, 0.15) is 48.0 Å². The molecule has 0 spiro atoms. The van der Waals surface area contributed by atoms with Gasteiger partial charge in [-0.3, -0.25) is 31.1 Å². The van der Waals surface area contributed by atoms with Crippen LogP contribution >= 0.6 is 0 Å². The van der Waals surface area contributed by atoms with Gasteiger partial charge in [-0.05, 0) is 37.1 Å². The summed E-state index contributed by atoms with van der Waals surface area (Å²) >= 11 is 0. The summed E-state index contributed by atoms with van der Waals surface area (Å²) in [6.07, 6.45) is 8.06. The van der Waals surface area contributed by atoms with E-state index < -0.39 is 5.91 Å². The molecule has 0 aromatic heterocycles. The van der Waals surface area contributed by atoms with Gasteiger partial charge in [-0.15, -0.1) is 0 Å². The molecule has 11 heteroatoms. The SMILES string of the molecule is COc1cc(N2CCOCC2)ccc1NN1C=C2NNC(c3cccc(C(N)=O)c3)=C2N(NC2CCCCC2)C1. The van der Waals surface area contributed by atoms with Crippen molar-refractivity contribution in [1.82, 2.24) is 26.3 Å². The molecule has 2 aromatic rings. The molecule has 1 saturated heterocycles. The van der Waals surface area contributed by atoms with Gasteiger partial charge in [-0.1, -0.05) is 31.4 Å². The Morgan fingerprint density at radius 2 is 1.90 bits per heavy atom. The summed E-state index contributed by atoms with van der Waals surface area (Å²) in [5.41, 5.74) is 25.7. The van der Waals surface area contributed by atoms with E-state index in [4.69, 9.17) is 15.2 Å². The monoisotopic (exact) mass is 546 g/mol. The lowest BCUT2D eigenvalue weighted by atomic mass is 9.96. The maximum absolute atomic E-state index is 11.9. The van der Waals surface area contributed by atoms with E-state index in [1.807, 2.05) is 29.4 Å². The second-order valence-corrected chi connectivity index (χ2v) is 10.6. The van der Waals surface area contributed by atoms with Gasteiger partial charge in [0, 0.05) is 42.0 Å². The highest BCUT2D eigenvalue weighted by molar-refractivity contribution is 5.94. The van der Waals surface area contributed by atoms with E-state index >= 15 is 0 Å². The van der Waals surface area contributed by atoms with Crippen molar-refractivity contribution in [3.63, 3.8) is 0 Å². The smallest absolute Gasteiger partial charge is 0.248 e. The van der Waals surface area contributed by atoms with Crippen LogP contribution in [0.2, 0.25) is 0 Å². The van der Waals surface area contributed by atoms with E-state index in [0.717, 1.165) is 78.9 Å². The van der Waals surface area contributed by atoms with Crippen molar-refractivity contribution in [2.45, 2.75) is 38.1 Å². The van der Waals surface area contributed by atoms with E-state index in [1.165, 1.54) is 19.3 Å². The molecule has 0 unspecified atom stereocenters. The molecule has 6 rings (SSSR count). The number of carbonyl (C=O) groups excluding carboxylic acids is 1. The number of morpholine rings is 1. The summed E-state index contributed by atoms with van der Waals surface area (Å²) in [6, 6.07) is 14.1. The van der Waals surface area contributed by atoms with Crippen LogP contribution in [0, 0.1) is 0 Å². The van der Waals surface area contributed by atoms with Crippen LogP contribution in [0.3, 0.4) is 0 Å². The first kappa shape index (κ1) is 26.1. The first-order valence-electron chi connectivity index (χ1n) is 14.1. The molecule has 1 aliphatic carbocycles. The van der Waals surface area contributed by atoms with Gasteiger partial charge in [-0.2, -0.15) is 0 Å². The van der Waals surface area contributed by atoms with Gasteiger partial charge < -0.3 is 20.1 Å². The number of nitrogens with zero attached hydrogens (tertiary/aromatic N) is 3. The number of hydrogen-bond acceptors (Lipinski definition) is 10. The fourth-order valence-corrected chi connectivity index (χ4v) is 5.78. The Bertz CT molecular complexity index is 1300. The third kappa shape index (κ3) is 5.47. The number of amides is 1. The van der Waals surface area contributed by atoms with Crippen LogP contribution < -0.4 is 37.1 Å². The van der Waals surface area contributed by atoms with E-state index in [0.29, 0.717) is 18.3 Å². The van der Waals surface area contributed by atoms with Gasteiger partial charge in [0.15, 0.2) is 0 Å². The molecule has 1 amide bonds. The Morgan fingerprint density at radius 3 is 2.67 bits per heavy atom. The van der Waals surface area contributed by atoms with Crippen molar-refractivity contribution in [2.24, 2.45) is 5.73 Å². The van der Waals surface area contributed by atoms with E-state index in [2.05, 4.69) is 49.8 Å². The number of anilines is 2. The van der Waals surface area contributed by atoms with E-state index in [9.17, 15) is 4.79 Å². The molecule has 6 N–H and O–H groups in total. The van der Waals surface area contributed by atoms with Crippen LogP contribution in [0.15, 0.2) is 60.1 Å². The second-order valence-electron chi connectivity index (χ2n) is 10.6. The molecular formula is C29H38N8O3. The highest BCUT2D eigenvalue weighted by Crippen LogP contribution is 2.34. The highest BCUT2D eigenvalue weighted by Gasteiger charge is 2.33. The first-order valence-corrected chi connectivity index (χ1v) is 14.1. The predicted octanol–water partition coefficient (Wildman–Crippen LogP) is 2.69. The van der Waals surface area contributed by atoms with Crippen LogP contribution in [-0.4, -0.2) is 62.0 Å². The topological polar surface area (TPSA) is 119 Å². The number of nitrogens with two attached hydrogens (primary N) is 1. The Kier molecular flexibility index (Phi) is 7.56. The molecule has 40 heavy (non-hydrogen) atoms. The number of primary amides is 1. The molecule has 2 aromatic carbocycles. The number of rotatable bonds is 8. The number of nitrogens with one attached hydrogen (secondary N) is 4. The van der Waals surface area contributed by atoms with E-state index in [-0.39, 0.29) is 0 Å². The minimum atomic E-state index is -0.445. The van der Waals surface area contributed by atoms with Gasteiger partial charge in [0.1, 0.15) is 18.1 Å². The third-order valence-electron chi connectivity index (χ3n) is 7.87. The van der Waals surface area contributed by atoms with Crippen molar-refractivity contribution in [3.05, 3.63) is 71.2 Å². The van der Waals surface area contributed by atoms with Crippen LogP contribution in [0.5, 0.6) is 5.75 Å². The Balaban J connectivity index is 1.29. The van der Waals surface area contributed by atoms with Crippen LogP contribution in [0.25, 0.3) is 5.70 Å².